The molecule has 1 nitrogen and oxygen atoms in total. The highest BCUT2D eigenvalue weighted by Gasteiger charge is 2.30. The number of hydrogen-bond donors (Lipinski definition) is 0. The Labute approximate surface area is 152 Å². The second-order valence-corrected chi connectivity index (χ2v) is 5.92. The highest BCUT2D eigenvalue weighted by Crippen LogP contribution is 2.34. The Hall–Kier alpha value is -2.89. The van der Waals surface area contributed by atoms with E-state index in [0.29, 0.717) is 10.8 Å². The average molecular weight is 378 g/mol. The van der Waals surface area contributed by atoms with E-state index >= 15 is 0 Å². The van der Waals surface area contributed by atoms with Gasteiger partial charge in [-0.25, -0.2) is 8.78 Å². The van der Waals surface area contributed by atoms with Crippen molar-refractivity contribution in [1.82, 2.24) is 0 Å². The summed E-state index contributed by atoms with van der Waals surface area (Å²) in [5, 5.41) is 0.786. The minimum Gasteiger partial charge on any atom is -0.489 e. The number of rotatable bonds is 4. The highest BCUT2D eigenvalue weighted by molar-refractivity contribution is 5.88. The summed E-state index contributed by atoms with van der Waals surface area (Å²) in [5.41, 5.74) is -0.796. The quantitative estimate of drug-likeness (QED) is 0.360. The molecular formula is C21H15F5O. The van der Waals surface area contributed by atoms with Crippen LogP contribution in [-0.2, 0) is 6.18 Å². The summed E-state index contributed by atoms with van der Waals surface area (Å²) < 4.78 is 72.5. The summed E-state index contributed by atoms with van der Waals surface area (Å²) in [5.74, 6) is -1.56. The van der Waals surface area contributed by atoms with Gasteiger partial charge in [0.05, 0.1) is 11.1 Å². The van der Waals surface area contributed by atoms with Gasteiger partial charge >= 0.3 is 6.18 Å². The zero-order chi connectivity index (χ0) is 19.6. The number of benzene rings is 3. The number of alkyl halides is 3. The second kappa shape index (κ2) is 7.39. The third kappa shape index (κ3) is 4.10. The lowest BCUT2D eigenvalue weighted by molar-refractivity contribution is -0.137. The number of halogens is 5. The fraction of sp³-hybridized carbons (Fsp3) is 0.143. The lowest BCUT2D eigenvalue weighted by Crippen LogP contribution is -2.04. The smallest absolute Gasteiger partial charge is 0.416 e. The predicted octanol–water partition coefficient (Wildman–Crippen LogP) is 6.76. The van der Waals surface area contributed by atoms with Crippen LogP contribution >= 0.6 is 0 Å². The molecule has 0 spiro atoms. The van der Waals surface area contributed by atoms with Crippen LogP contribution in [0, 0.1) is 11.6 Å². The third-order valence-electron chi connectivity index (χ3n) is 4.05. The van der Waals surface area contributed by atoms with Crippen LogP contribution in [0.25, 0.3) is 21.9 Å². The Balaban J connectivity index is 1.99. The molecule has 27 heavy (non-hydrogen) atoms. The second-order valence-electron chi connectivity index (χ2n) is 5.92. The van der Waals surface area contributed by atoms with Gasteiger partial charge in [0.1, 0.15) is 24.0 Å². The van der Waals surface area contributed by atoms with Gasteiger partial charge in [0.2, 0.25) is 0 Å². The first kappa shape index (κ1) is 18.9. The predicted molar refractivity (Wildman–Crippen MR) is 94.6 cm³/mol. The molecule has 140 valence electrons. The summed E-state index contributed by atoms with van der Waals surface area (Å²) in [6.07, 6.45) is -1.00. The molecule has 0 N–H and O–H groups in total. The summed E-state index contributed by atoms with van der Waals surface area (Å²) in [7, 11) is 0. The normalized spacial score (nSPS) is 12.1. The van der Waals surface area contributed by atoms with Crippen LogP contribution in [0.2, 0.25) is 0 Å². The summed E-state index contributed by atoms with van der Waals surface area (Å²) >= 11 is 0. The van der Waals surface area contributed by atoms with Crippen LogP contribution in [0.5, 0.6) is 5.75 Å². The van der Waals surface area contributed by atoms with E-state index in [1.54, 1.807) is 19.1 Å². The van der Waals surface area contributed by atoms with Crippen LogP contribution < -0.4 is 4.74 Å². The van der Waals surface area contributed by atoms with E-state index in [2.05, 4.69) is 0 Å². The summed E-state index contributed by atoms with van der Waals surface area (Å²) in [6.45, 7) is 1.98. The lowest BCUT2D eigenvalue weighted by Gasteiger charge is -2.11. The maximum atomic E-state index is 14.4. The first-order valence-corrected chi connectivity index (χ1v) is 8.14. The molecule has 0 bridgehead atoms. The first-order chi connectivity index (χ1) is 12.8. The van der Waals surface area contributed by atoms with Gasteiger partial charge in [0.25, 0.3) is 0 Å². The molecule has 0 fully saturated rings. The Bertz CT molecular complexity index is 982. The van der Waals surface area contributed by atoms with Crippen LogP contribution in [0.15, 0.2) is 60.7 Å². The monoisotopic (exact) mass is 378 g/mol. The van der Waals surface area contributed by atoms with Gasteiger partial charge in [-0.15, -0.1) is 0 Å². The molecule has 0 saturated carbocycles. The molecular weight excluding hydrogens is 363 g/mol. The van der Waals surface area contributed by atoms with Crippen molar-refractivity contribution in [3.05, 3.63) is 77.9 Å². The first-order valence-electron chi connectivity index (χ1n) is 8.14. The molecule has 0 aliphatic rings. The van der Waals surface area contributed by atoms with E-state index in [4.69, 9.17) is 4.74 Å². The molecule has 0 saturated heterocycles. The molecule has 0 aliphatic heterocycles. The molecule has 0 aliphatic carbocycles. The van der Waals surface area contributed by atoms with Gasteiger partial charge in [-0.05, 0) is 41.5 Å². The molecule has 0 aromatic heterocycles. The van der Waals surface area contributed by atoms with Crippen LogP contribution in [0.3, 0.4) is 0 Å². The lowest BCUT2D eigenvalue weighted by atomic mass is 9.99. The Morgan fingerprint density at radius 1 is 0.889 bits per heavy atom. The molecule has 0 atom stereocenters. The van der Waals surface area contributed by atoms with Crippen LogP contribution in [0.4, 0.5) is 22.0 Å². The van der Waals surface area contributed by atoms with Gasteiger partial charge < -0.3 is 4.74 Å². The Morgan fingerprint density at radius 3 is 2.15 bits per heavy atom. The molecule has 3 aromatic carbocycles. The standard InChI is InChI=1S/C21H15F5O/c1-2-3-8-27-17-11-18(22)20(19(23)12-17)15-5-4-14-10-16(21(24,25)26)7-6-13(14)9-15/h2-7,9-12H,8H2,1H3. The van der Waals surface area contributed by atoms with Gasteiger partial charge in [-0.1, -0.05) is 30.4 Å². The molecule has 3 aromatic rings. The Kier molecular flexibility index (Phi) is 5.17. The topological polar surface area (TPSA) is 9.23 Å². The van der Waals surface area contributed by atoms with Crippen LogP contribution in [0.1, 0.15) is 12.5 Å². The van der Waals surface area contributed by atoms with Crippen molar-refractivity contribution < 1.29 is 26.7 Å². The maximum Gasteiger partial charge on any atom is 0.416 e. The van der Waals surface area contributed by atoms with E-state index < -0.39 is 23.4 Å². The van der Waals surface area contributed by atoms with E-state index in [1.165, 1.54) is 24.3 Å². The SMILES string of the molecule is CC=CCOc1cc(F)c(-c2ccc3cc(C(F)(F)F)ccc3c2)c(F)c1. The zero-order valence-electron chi connectivity index (χ0n) is 14.3. The fourth-order valence-electron chi connectivity index (χ4n) is 2.73. The molecule has 0 amide bonds. The zero-order valence-corrected chi connectivity index (χ0v) is 14.3. The van der Waals surface area contributed by atoms with Crippen molar-refractivity contribution >= 4 is 10.8 Å². The number of allylic oxidation sites excluding steroid dienone is 1. The van der Waals surface area contributed by atoms with Crippen molar-refractivity contribution in [2.45, 2.75) is 13.1 Å². The van der Waals surface area contributed by atoms with Crippen molar-refractivity contribution in [1.29, 1.82) is 0 Å². The number of fused-ring (bicyclic) bond motifs is 1. The highest BCUT2D eigenvalue weighted by atomic mass is 19.4. The minimum atomic E-state index is -4.45. The van der Waals surface area contributed by atoms with Crippen molar-refractivity contribution in [2.24, 2.45) is 0 Å². The van der Waals surface area contributed by atoms with Gasteiger partial charge in [-0.2, -0.15) is 13.2 Å². The van der Waals surface area contributed by atoms with Gasteiger partial charge in [-0.3, -0.25) is 0 Å². The van der Waals surface area contributed by atoms with Crippen molar-refractivity contribution in [3.63, 3.8) is 0 Å². The molecule has 6 heteroatoms. The largest absolute Gasteiger partial charge is 0.489 e. The molecule has 0 radical (unpaired) electrons. The molecule has 0 unspecified atom stereocenters. The van der Waals surface area contributed by atoms with E-state index in [9.17, 15) is 22.0 Å². The number of ether oxygens (including phenoxy) is 1. The molecule has 0 heterocycles. The van der Waals surface area contributed by atoms with E-state index in [0.717, 1.165) is 24.3 Å². The van der Waals surface area contributed by atoms with E-state index in [-0.39, 0.29) is 23.5 Å². The minimum absolute atomic E-state index is 0.0578. The summed E-state index contributed by atoms with van der Waals surface area (Å²) in [6, 6.07) is 9.65. The third-order valence-corrected chi connectivity index (χ3v) is 4.05. The number of hydrogen-bond acceptors (Lipinski definition) is 1. The van der Waals surface area contributed by atoms with Crippen molar-refractivity contribution in [3.8, 4) is 16.9 Å². The van der Waals surface area contributed by atoms with Crippen molar-refractivity contribution in [2.75, 3.05) is 6.61 Å². The van der Waals surface area contributed by atoms with Gasteiger partial charge in [0, 0.05) is 12.1 Å². The molecule has 3 rings (SSSR count). The maximum absolute atomic E-state index is 14.4. The summed E-state index contributed by atoms with van der Waals surface area (Å²) in [4.78, 5) is 0. The van der Waals surface area contributed by atoms with E-state index in [1.807, 2.05) is 0 Å². The van der Waals surface area contributed by atoms with Gasteiger partial charge in [0.15, 0.2) is 0 Å². The average Bonchev–Trinajstić information content (AvgIpc) is 2.60. The Morgan fingerprint density at radius 2 is 1.52 bits per heavy atom. The van der Waals surface area contributed by atoms with Crippen LogP contribution in [-0.4, -0.2) is 6.61 Å². The fourth-order valence-corrected chi connectivity index (χ4v) is 2.73.